The van der Waals surface area contributed by atoms with E-state index in [4.69, 9.17) is 0 Å². The number of amides is 1. The van der Waals surface area contributed by atoms with Gasteiger partial charge in [0.25, 0.3) is 5.91 Å². The summed E-state index contributed by atoms with van der Waals surface area (Å²) in [5, 5.41) is 0. The minimum atomic E-state index is 0.178. The summed E-state index contributed by atoms with van der Waals surface area (Å²) in [5.74, 6) is 0.780. The number of benzene rings is 1. The molecule has 1 aromatic carbocycles. The highest BCUT2D eigenvalue weighted by Gasteiger charge is 2.36. The number of aromatic nitrogens is 1. The lowest BCUT2D eigenvalue weighted by Gasteiger charge is -2.23. The average molecular weight is 294 g/mol. The van der Waals surface area contributed by atoms with Crippen LogP contribution in [0.15, 0.2) is 36.5 Å². The molecule has 22 heavy (non-hydrogen) atoms. The number of hydrogen-bond acceptors (Lipinski definition) is 1. The van der Waals surface area contributed by atoms with Crippen LogP contribution in [0.3, 0.4) is 0 Å². The zero-order chi connectivity index (χ0) is 15.1. The Labute approximate surface area is 131 Å². The van der Waals surface area contributed by atoms with E-state index < -0.39 is 0 Å². The van der Waals surface area contributed by atoms with Gasteiger partial charge in [0.1, 0.15) is 5.69 Å². The van der Waals surface area contributed by atoms with Gasteiger partial charge in [0.15, 0.2) is 0 Å². The standard InChI is InChI=1S/C19H22N2O/c1-13-4-2-3-5-15(13)12-21(16-8-9-16)19(22)18-17(10-11-20-18)14-6-7-14/h2-5,10-11,14,16,20H,6-9,12H2,1H3. The number of aryl methyl sites for hydroxylation is 1. The zero-order valence-electron chi connectivity index (χ0n) is 13.0. The molecule has 0 bridgehead atoms. The summed E-state index contributed by atoms with van der Waals surface area (Å²) in [5.41, 5.74) is 4.56. The molecule has 1 aromatic heterocycles. The molecule has 1 amide bonds. The van der Waals surface area contributed by atoms with Crippen LogP contribution in [0.1, 0.15) is 58.8 Å². The molecule has 2 aliphatic rings. The number of carbonyl (C=O) groups excluding carboxylic acids is 1. The predicted molar refractivity (Wildman–Crippen MR) is 86.8 cm³/mol. The van der Waals surface area contributed by atoms with Crippen LogP contribution >= 0.6 is 0 Å². The summed E-state index contributed by atoms with van der Waals surface area (Å²) in [6.07, 6.45) is 6.63. The molecule has 1 N–H and O–H groups in total. The van der Waals surface area contributed by atoms with Crippen LogP contribution < -0.4 is 0 Å². The lowest BCUT2D eigenvalue weighted by atomic mass is 10.1. The smallest absolute Gasteiger partial charge is 0.271 e. The van der Waals surface area contributed by atoms with Crippen LogP contribution in [0.5, 0.6) is 0 Å². The Morgan fingerprint density at radius 2 is 1.95 bits per heavy atom. The Bertz CT molecular complexity index is 695. The highest BCUT2D eigenvalue weighted by Crippen LogP contribution is 2.42. The Morgan fingerprint density at radius 1 is 1.18 bits per heavy atom. The lowest BCUT2D eigenvalue weighted by Crippen LogP contribution is -2.33. The molecule has 0 atom stereocenters. The molecule has 0 aliphatic heterocycles. The van der Waals surface area contributed by atoms with Crippen molar-refractivity contribution in [1.82, 2.24) is 9.88 Å². The third-order valence-corrected chi connectivity index (χ3v) is 4.86. The molecule has 2 aromatic rings. The third-order valence-electron chi connectivity index (χ3n) is 4.86. The fraction of sp³-hybridized carbons (Fsp3) is 0.421. The summed E-state index contributed by atoms with van der Waals surface area (Å²) < 4.78 is 0. The Kier molecular flexibility index (Phi) is 3.29. The van der Waals surface area contributed by atoms with Gasteiger partial charge >= 0.3 is 0 Å². The van der Waals surface area contributed by atoms with Gasteiger partial charge in [-0.2, -0.15) is 0 Å². The first kappa shape index (κ1) is 13.6. The Balaban J connectivity index is 1.60. The number of carbonyl (C=O) groups is 1. The second-order valence-electron chi connectivity index (χ2n) is 6.67. The van der Waals surface area contributed by atoms with Gasteiger partial charge in [-0.3, -0.25) is 4.79 Å². The molecule has 3 heteroatoms. The fourth-order valence-electron chi connectivity index (χ4n) is 3.17. The van der Waals surface area contributed by atoms with Gasteiger partial charge in [-0.25, -0.2) is 0 Å². The van der Waals surface area contributed by atoms with Gasteiger partial charge in [0.2, 0.25) is 0 Å². The quantitative estimate of drug-likeness (QED) is 0.888. The van der Waals surface area contributed by atoms with E-state index in [1.165, 1.54) is 29.5 Å². The summed E-state index contributed by atoms with van der Waals surface area (Å²) in [7, 11) is 0. The fourth-order valence-corrected chi connectivity index (χ4v) is 3.17. The number of aromatic amines is 1. The SMILES string of the molecule is Cc1ccccc1CN(C(=O)c1[nH]ccc1C1CC1)C1CC1. The third kappa shape index (κ3) is 2.56. The molecule has 0 unspecified atom stereocenters. The molecule has 2 saturated carbocycles. The van der Waals surface area contributed by atoms with Crippen molar-refractivity contribution in [2.45, 2.75) is 51.1 Å². The summed E-state index contributed by atoms with van der Waals surface area (Å²) >= 11 is 0. The van der Waals surface area contributed by atoms with Gasteiger partial charge in [0, 0.05) is 18.8 Å². The van der Waals surface area contributed by atoms with Crippen LogP contribution in [0.2, 0.25) is 0 Å². The number of H-pyrrole nitrogens is 1. The number of hydrogen-bond donors (Lipinski definition) is 1. The maximum Gasteiger partial charge on any atom is 0.271 e. The van der Waals surface area contributed by atoms with Gasteiger partial charge in [-0.15, -0.1) is 0 Å². The normalized spacial score (nSPS) is 17.5. The number of nitrogens with one attached hydrogen (secondary N) is 1. The minimum absolute atomic E-state index is 0.178. The molecule has 0 spiro atoms. The van der Waals surface area contributed by atoms with Crippen LogP contribution in [0.4, 0.5) is 0 Å². The van der Waals surface area contributed by atoms with Crippen molar-refractivity contribution in [2.75, 3.05) is 0 Å². The molecular formula is C19H22N2O. The van der Waals surface area contributed by atoms with Crippen LogP contribution in [-0.4, -0.2) is 21.8 Å². The van der Waals surface area contributed by atoms with Crippen molar-refractivity contribution in [1.29, 1.82) is 0 Å². The van der Waals surface area contributed by atoms with Crippen LogP contribution in [0.25, 0.3) is 0 Å². The van der Waals surface area contributed by atoms with E-state index >= 15 is 0 Å². The molecule has 1 heterocycles. The van der Waals surface area contributed by atoms with Gasteiger partial charge < -0.3 is 9.88 Å². The largest absolute Gasteiger partial charge is 0.357 e. The zero-order valence-corrected chi connectivity index (χ0v) is 13.0. The monoisotopic (exact) mass is 294 g/mol. The van der Waals surface area contributed by atoms with Gasteiger partial charge in [-0.1, -0.05) is 24.3 Å². The molecule has 3 nitrogen and oxygen atoms in total. The first-order valence-corrected chi connectivity index (χ1v) is 8.27. The molecule has 114 valence electrons. The lowest BCUT2D eigenvalue weighted by molar-refractivity contribution is 0.0723. The molecular weight excluding hydrogens is 272 g/mol. The Morgan fingerprint density at radius 3 is 2.64 bits per heavy atom. The van der Waals surface area contributed by atoms with E-state index in [9.17, 15) is 4.79 Å². The highest BCUT2D eigenvalue weighted by molar-refractivity contribution is 5.94. The first-order chi connectivity index (χ1) is 10.7. The second-order valence-corrected chi connectivity index (χ2v) is 6.67. The van der Waals surface area contributed by atoms with Crippen molar-refractivity contribution in [3.63, 3.8) is 0 Å². The van der Waals surface area contributed by atoms with E-state index in [0.29, 0.717) is 12.0 Å². The van der Waals surface area contributed by atoms with Crippen molar-refractivity contribution >= 4 is 5.91 Å². The van der Waals surface area contributed by atoms with E-state index in [2.05, 4.69) is 47.1 Å². The molecule has 2 aliphatic carbocycles. The van der Waals surface area contributed by atoms with Crippen molar-refractivity contribution in [3.05, 3.63) is 58.9 Å². The van der Waals surface area contributed by atoms with Gasteiger partial charge in [-0.05, 0) is 61.3 Å². The minimum Gasteiger partial charge on any atom is -0.357 e. The van der Waals surface area contributed by atoms with Crippen molar-refractivity contribution in [2.24, 2.45) is 0 Å². The molecule has 4 rings (SSSR count). The topological polar surface area (TPSA) is 36.1 Å². The van der Waals surface area contributed by atoms with E-state index in [1.807, 2.05) is 6.20 Å². The van der Waals surface area contributed by atoms with Gasteiger partial charge in [0.05, 0.1) is 0 Å². The van der Waals surface area contributed by atoms with E-state index in [1.54, 1.807) is 0 Å². The number of rotatable bonds is 5. The number of nitrogens with zero attached hydrogens (tertiary/aromatic N) is 1. The second kappa shape index (κ2) is 5.31. The molecule has 2 fully saturated rings. The maximum absolute atomic E-state index is 13.1. The maximum atomic E-state index is 13.1. The van der Waals surface area contributed by atoms with Crippen LogP contribution in [0, 0.1) is 6.92 Å². The highest BCUT2D eigenvalue weighted by atomic mass is 16.2. The summed E-state index contributed by atoms with van der Waals surface area (Å²) in [6.45, 7) is 2.84. The predicted octanol–water partition coefficient (Wildman–Crippen LogP) is 4.01. The average Bonchev–Trinajstić information content (AvgIpc) is 3.45. The van der Waals surface area contributed by atoms with Crippen molar-refractivity contribution < 1.29 is 4.79 Å². The Hall–Kier alpha value is -2.03. The molecule has 0 radical (unpaired) electrons. The van der Waals surface area contributed by atoms with E-state index in [0.717, 1.165) is 25.1 Å². The summed E-state index contributed by atoms with van der Waals surface area (Å²) in [4.78, 5) is 18.3. The first-order valence-electron chi connectivity index (χ1n) is 8.27. The van der Waals surface area contributed by atoms with Crippen molar-refractivity contribution in [3.8, 4) is 0 Å². The molecule has 0 saturated heterocycles. The van der Waals surface area contributed by atoms with Crippen LogP contribution in [-0.2, 0) is 6.54 Å². The van der Waals surface area contributed by atoms with E-state index in [-0.39, 0.29) is 5.91 Å². The summed E-state index contributed by atoms with van der Waals surface area (Å²) in [6, 6.07) is 10.9.